The van der Waals surface area contributed by atoms with E-state index < -0.39 is 0 Å². The van der Waals surface area contributed by atoms with Gasteiger partial charge < -0.3 is 4.74 Å². The van der Waals surface area contributed by atoms with Crippen molar-refractivity contribution in [1.82, 2.24) is 5.43 Å². The van der Waals surface area contributed by atoms with E-state index in [1.165, 1.54) is 29.7 Å². The van der Waals surface area contributed by atoms with Crippen molar-refractivity contribution in [1.29, 1.82) is 0 Å². The van der Waals surface area contributed by atoms with E-state index in [4.69, 9.17) is 10.6 Å². The van der Waals surface area contributed by atoms with Gasteiger partial charge in [-0.15, -0.1) is 11.3 Å². The minimum absolute atomic E-state index is 0.228. The maximum Gasteiger partial charge on any atom is 0.0642 e. The molecule has 2 atom stereocenters. The number of fused-ring (bicyclic) bond motifs is 1. The van der Waals surface area contributed by atoms with Gasteiger partial charge in [0.2, 0.25) is 0 Å². The van der Waals surface area contributed by atoms with Crippen LogP contribution in [0.4, 0.5) is 0 Å². The van der Waals surface area contributed by atoms with Crippen molar-refractivity contribution in [3.63, 3.8) is 0 Å². The van der Waals surface area contributed by atoms with Crippen molar-refractivity contribution in [2.75, 3.05) is 6.61 Å². The molecular formula is C13H22N2OS. The zero-order valence-electron chi connectivity index (χ0n) is 10.6. The van der Waals surface area contributed by atoms with Crippen molar-refractivity contribution in [3.8, 4) is 0 Å². The summed E-state index contributed by atoms with van der Waals surface area (Å²) in [6.45, 7) is 4.81. The first kappa shape index (κ1) is 13.0. The molecule has 1 aliphatic rings. The molecule has 96 valence electrons. The number of rotatable bonds is 5. The Kier molecular flexibility index (Phi) is 4.56. The minimum Gasteiger partial charge on any atom is -0.377 e. The van der Waals surface area contributed by atoms with E-state index in [9.17, 15) is 0 Å². The molecule has 4 heteroatoms. The van der Waals surface area contributed by atoms with E-state index in [1.54, 1.807) is 0 Å². The van der Waals surface area contributed by atoms with Crippen LogP contribution >= 0.6 is 11.3 Å². The van der Waals surface area contributed by atoms with Crippen molar-refractivity contribution in [3.05, 3.63) is 21.9 Å². The Bertz CT molecular complexity index is 351. The molecule has 2 rings (SSSR count). The third-order valence-corrected chi connectivity index (χ3v) is 4.40. The van der Waals surface area contributed by atoms with E-state index in [2.05, 4.69) is 30.7 Å². The largest absolute Gasteiger partial charge is 0.377 e. The molecule has 0 spiro atoms. The third-order valence-electron chi connectivity index (χ3n) is 3.41. The molecule has 0 saturated carbocycles. The summed E-state index contributed by atoms with van der Waals surface area (Å²) in [5.41, 5.74) is 4.42. The highest BCUT2D eigenvalue weighted by Crippen LogP contribution is 2.36. The molecule has 1 aliphatic carbocycles. The lowest BCUT2D eigenvalue weighted by Crippen LogP contribution is -2.44. The number of ether oxygens (including phenoxy) is 1. The molecule has 1 aromatic heterocycles. The standard InChI is InChI=1S/C13H22N2OS/c1-9(2)16-8-12(15-14)10-4-3-5-13-11(10)6-7-17-13/h6-7,9-10,12,15H,3-5,8,14H2,1-2H3. The van der Waals surface area contributed by atoms with Crippen molar-refractivity contribution < 1.29 is 4.74 Å². The second kappa shape index (κ2) is 5.96. The average Bonchev–Trinajstić information content (AvgIpc) is 2.78. The zero-order valence-corrected chi connectivity index (χ0v) is 11.4. The van der Waals surface area contributed by atoms with Crippen molar-refractivity contribution >= 4 is 11.3 Å². The second-order valence-corrected chi connectivity index (χ2v) is 5.95. The molecule has 17 heavy (non-hydrogen) atoms. The van der Waals surface area contributed by atoms with Crippen LogP contribution in [0.5, 0.6) is 0 Å². The van der Waals surface area contributed by atoms with Gasteiger partial charge in [-0.3, -0.25) is 11.3 Å². The third kappa shape index (κ3) is 3.07. The number of thiophene rings is 1. The fourth-order valence-corrected chi connectivity index (χ4v) is 3.51. The van der Waals surface area contributed by atoms with Gasteiger partial charge in [0.05, 0.1) is 18.8 Å². The van der Waals surface area contributed by atoms with Gasteiger partial charge in [-0.2, -0.15) is 0 Å². The van der Waals surface area contributed by atoms with E-state index in [0.717, 1.165) is 0 Å². The molecule has 0 aliphatic heterocycles. The van der Waals surface area contributed by atoms with Crippen LogP contribution in [0.25, 0.3) is 0 Å². The topological polar surface area (TPSA) is 47.3 Å². The smallest absolute Gasteiger partial charge is 0.0642 e. The van der Waals surface area contributed by atoms with Crippen LogP contribution in [0.3, 0.4) is 0 Å². The first-order valence-electron chi connectivity index (χ1n) is 6.36. The molecule has 0 aromatic carbocycles. The number of nitrogens with two attached hydrogens (primary N) is 1. The van der Waals surface area contributed by atoms with Gasteiger partial charge in [0.15, 0.2) is 0 Å². The Hall–Kier alpha value is -0.420. The number of hydrazine groups is 1. The lowest BCUT2D eigenvalue weighted by molar-refractivity contribution is 0.0542. The molecule has 0 bridgehead atoms. The van der Waals surface area contributed by atoms with Crippen molar-refractivity contribution in [2.45, 2.75) is 51.2 Å². The Morgan fingerprint density at radius 1 is 1.59 bits per heavy atom. The molecule has 1 heterocycles. The van der Waals surface area contributed by atoms with Crippen LogP contribution < -0.4 is 11.3 Å². The van der Waals surface area contributed by atoms with Gasteiger partial charge in [0.25, 0.3) is 0 Å². The Morgan fingerprint density at radius 2 is 2.41 bits per heavy atom. The lowest BCUT2D eigenvalue weighted by atomic mass is 9.83. The Morgan fingerprint density at radius 3 is 3.12 bits per heavy atom. The van der Waals surface area contributed by atoms with Crippen LogP contribution in [0.2, 0.25) is 0 Å². The molecule has 3 N–H and O–H groups in total. The van der Waals surface area contributed by atoms with Gasteiger partial charge in [-0.05, 0) is 50.1 Å². The van der Waals surface area contributed by atoms with Crippen LogP contribution in [-0.2, 0) is 11.2 Å². The highest BCUT2D eigenvalue weighted by Gasteiger charge is 2.28. The first-order chi connectivity index (χ1) is 8.22. The Labute approximate surface area is 107 Å². The fourth-order valence-electron chi connectivity index (χ4n) is 2.52. The van der Waals surface area contributed by atoms with Crippen LogP contribution in [0, 0.1) is 0 Å². The number of hydrogen-bond acceptors (Lipinski definition) is 4. The maximum absolute atomic E-state index is 5.70. The van der Waals surface area contributed by atoms with Crippen LogP contribution in [0.15, 0.2) is 11.4 Å². The Balaban J connectivity index is 2.06. The van der Waals surface area contributed by atoms with Gasteiger partial charge in [-0.1, -0.05) is 0 Å². The summed E-state index contributed by atoms with van der Waals surface area (Å²) in [5.74, 6) is 6.20. The van der Waals surface area contributed by atoms with E-state index >= 15 is 0 Å². The maximum atomic E-state index is 5.70. The quantitative estimate of drug-likeness (QED) is 0.626. The van der Waals surface area contributed by atoms with Crippen LogP contribution in [0.1, 0.15) is 43.0 Å². The molecule has 3 nitrogen and oxygen atoms in total. The first-order valence-corrected chi connectivity index (χ1v) is 7.24. The molecule has 0 amide bonds. The SMILES string of the molecule is CC(C)OCC(NN)C1CCCc2sccc21. The highest BCUT2D eigenvalue weighted by molar-refractivity contribution is 7.10. The van der Waals surface area contributed by atoms with Crippen molar-refractivity contribution in [2.24, 2.45) is 5.84 Å². The van der Waals surface area contributed by atoms with E-state index in [0.29, 0.717) is 12.5 Å². The minimum atomic E-state index is 0.228. The summed E-state index contributed by atoms with van der Waals surface area (Å²) in [4.78, 5) is 1.53. The lowest BCUT2D eigenvalue weighted by Gasteiger charge is -2.30. The van der Waals surface area contributed by atoms with Gasteiger partial charge in [0.1, 0.15) is 0 Å². The summed E-state index contributed by atoms with van der Waals surface area (Å²) in [7, 11) is 0. The van der Waals surface area contributed by atoms with E-state index in [1.807, 2.05) is 11.3 Å². The van der Waals surface area contributed by atoms with E-state index in [-0.39, 0.29) is 12.1 Å². The predicted molar refractivity (Wildman–Crippen MR) is 72.2 cm³/mol. The van der Waals surface area contributed by atoms with Gasteiger partial charge in [-0.25, -0.2) is 0 Å². The van der Waals surface area contributed by atoms with Crippen LogP contribution in [-0.4, -0.2) is 18.8 Å². The molecule has 0 fully saturated rings. The molecule has 1 aromatic rings. The normalized spacial score (nSPS) is 21.5. The average molecular weight is 254 g/mol. The van der Waals surface area contributed by atoms with Gasteiger partial charge in [0, 0.05) is 10.8 Å². The number of aryl methyl sites for hydroxylation is 1. The summed E-state index contributed by atoms with van der Waals surface area (Å²) in [6, 6.07) is 2.48. The van der Waals surface area contributed by atoms with Gasteiger partial charge >= 0.3 is 0 Å². The highest BCUT2D eigenvalue weighted by atomic mass is 32.1. The molecule has 0 radical (unpaired) electrons. The number of hydrogen-bond donors (Lipinski definition) is 2. The molecular weight excluding hydrogens is 232 g/mol. The monoisotopic (exact) mass is 254 g/mol. The number of nitrogens with one attached hydrogen (secondary N) is 1. The summed E-state index contributed by atoms with van der Waals surface area (Å²) in [5, 5.41) is 2.19. The predicted octanol–water partition coefficient (Wildman–Crippen LogP) is 2.42. The molecule has 2 unspecified atom stereocenters. The summed E-state index contributed by atoms with van der Waals surface area (Å²) in [6.07, 6.45) is 3.96. The fraction of sp³-hybridized carbons (Fsp3) is 0.692. The molecule has 0 saturated heterocycles. The summed E-state index contributed by atoms with van der Waals surface area (Å²) < 4.78 is 5.70. The second-order valence-electron chi connectivity index (χ2n) is 4.95. The summed E-state index contributed by atoms with van der Waals surface area (Å²) >= 11 is 1.87. The zero-order chi connectivity index (χ0) is 12.3.